The van der Waals surface area contributed by atoms with Gasteiger partial charge in [-0.25, -0.2) is 8.42 Å². The molecule has 1 saturated heterocycles. The summed E-state index contributed by atoms with van der Waals surface area (Å²) in [4.78, 5) is 14.4. The van der Waals surface area contributed by atoms with E-state index < -0.39 is 10.0 Å². The Labute approximate surface area is 171 Å². The molecule has 9 heteroatoms. The standard InChI is InChI=1S/C19H23N3O4S.ClH/c1-26-17-7-5-16(6-8-17)21-27(24,25)18-4-2-3-15(11-18)19(23)22-10-9-14(12-20)13-22;/h2-8,11,14,21H,9-10,12-13,20H2,1H3;1H. The number of carbonyl (C=O) groups is 1. The van der Waals surface area contributed by atoms with E-state index in [0.29, 0.717) is 42.6 Å². The summed E-state index contributed by atoms with van der Waals surface area (Å²) >= 11 is 0. The van der Waals surface area contributed by atoms with Crippen LogP contribution in [-0.2, 0) is 10.0 Å². The minimum Gasteiger partial charge on any atom is -0.497 e. The summed E-state index contributed by atoms with van der Waals surface area (Å²) in [5, 5.41) is 0. The second kappa shape index (κ2) is 9.27. The highest BCUT2D eigenvalue weighted by Gasteiger charge is 2.26. The van der Waals surface area contributed by atoms with Crippen molar-refractivity contribution in [3.05, 3.63) is 54.1 Å². The van der Waals surface area contributed by atoms with Crippen molar-refractivity contribution in [3.8, 4) is 5.75 Å². The van der Waals surface area contributed by atoms with Crippen LogP contribution in [0.15, 0.2) is 53.4 Å². The number of nitrogens with one attached hydrogen (secondary N) is 1. The molecule has 2 aromatic rings. The molecular weight excluding hydrogens is 402 g/mol. The summed E-state index contributed by atoms with van der Waals surface area (Å²) < 4.78 is 32.9. The van der Waals surface area contributed by atoms with Crippen LogP contribution in [0.25, 0.3) is 0 Å². The van der Waals surface area contributed by atoms with Gasteiger partial charge in [-0.15, -0.1) is 12.4 Å². The van der Waals surface area contributed by atoms with Crippen molar-refractivity contribution < 1.29 is 17.9 Å². The van der Waals surface area contributed by atoms with Gasteiger partial charge in [0, 0.05) is 24.3 Å². The van der Waals surface area contributed by atoms with Gasteiger partial charge >= 0.3 is 0 Å². The molecule has 1 heterocycles. The normalized spacial score (nSPS) is 16.4. The van der Waals surface area contributed by atoms with E-state index in [9.17, 15) is 13.2 Å². The second-order valence-corrected chi connectivity index (χ2v) is 8.19. The van der Waals surface area contributed by atoms with E-state index in [1.807, 2.05) is 0 Å². The Kier molecular flexibility index (Phi) is 7.29. The number of nitrogens with two attached hydrogens (primary N) is 1. The Balaban J connectivity index is 0.00000280. The van der Waals surface area contributed by atoms with Crippen LogP contribution in [0.5, 0.6) is 5.75 Å². The van der Waals surface area contributed by atoms with E-state index in [0.717, 1.165) is 6.42 Å². The van der Waals surface area contributed by atoms with E-state index in [1.165, 1.54) is 19.2 Å². The largest absolute Gasteiger partial charge is 0.497 e. The van der Waals surface area contributed by atoms with Gasteiger partial charge in [-0.1, -0.05) is 6.07 Å². The molecule has 28 heavy (non-hydrogen) atoms. The van der Waals surface area contributed by atoms with Gasteiger partial charge in [0.1, 0.15) is 5.75 Å². The molecule has 7 nitrogen and oxygen atoms in total. The van der Waals surface area contributed by atoms with Gasteiger partial charge < -0.3 is 15.4 Å². The number of hydrogen-bond donors (Lipinski definition) is 2. The van der Waals surface area contributed by atoms with Crippen LogP contribution < -0.4 is 15.2 Å². The van der Waals surface area contributed by atoms with Gasteiger partial charge in [0.15, 0.2) is 0 Å². The molecule has 0 aromatic heterocycles. The lowest BCUT2D eigenvalue weighted by atomic mass is 10.1. The first-order valence-electron chi connectivity index (χ1n) is 8.69. The minimum atomic E-state index is -3.81. The zero-order valence-electron chi connectivity index (χ0n) is 15.5. The van der Waals surface area contributed by atoms with Crippen molar-refractivity contribution in [1.82, 2.24) is 4.90 Å². The number of carbonyl (C=O) groups excluding carboxylic acids is 1. The smallest absolute Gasteiger partial charge is 0.261 e. The van der Waals surface area contributed by atoms with Crippen molar-refractivity contribution >= 4 is 34.0 Å². The van der Waals surface area contributed by atoms with E-state index in [2.05, 4.69) is 4.72 Å². The first kappa shape index (κ1) is 22.0. The molecule has 152 valence electrons. The highest BCUT2D eigenvalue weighted by Crippen LogP contribution is 2.22. The van der Waals surface area contributed by atoms with Crippen LogP contribution in [0.3, 0.4) is 0 Å². The third-order valence-electron chi connectivity index (χ3n) is 4.64. The number of methoxy groups -OCH3 is 1. The summed E-state index contributed by atoms with van der Waals surface area (Å²) in [5.41, 5.74) is 6.44. The third-order valence-corrected chi connectivity index (χ3v) is 6.02. The molecule has 3 rings (SSSR count). The predicted molar refractivity (Wildman–Crippen MR) is 111 cm³/mol. The number of anilines is 1. The highest BCUT2D eigenvalue weighted by atomic mass is 35.5. The van der Waals surface area contributed by atoms with Crippen molar-refractivity contribution in [2.75, 3.05) is 31.5 Å². The van der Waals surface area contributed by atoms with E-state index in [-0.39, 0.29) is 23.2 Å². The van der Waals surface area contributed by atoms with Gasteiger partial charge in [0.05, 0.1) is 12.0 Å². The maximum absolute atomic E-state index is 12.7. The number of hydrogen-bond acceptors (Lipinski definition) is 5. The summed E-state index contributed by atoms with van der Waals surface area (Å²) in [5.74, 6) is 0.761. The highest BCUT2D eigenvalue weighted by molar-refractivity contribution is 7.92. The van der Waals surface area contributed by atoms with Crippen LogP contribution in [0.2, 0.25) is 0 Å². The number of sulfonamides is 1. The summed E-state index contributed by atoms with van der Waals surface area (Å²) in [6.45, 7) is 1.79. The number of nitrogens with zero attached hydrogens (tertiary/aromatic N) is 1. The lowest BCUT2D eigenvalue weighted by molar-refractivity contribution is 0.0787. The molecule has 0 spiro atoms. The summed E-state index contributed by atoms with van der Waals surface area (Å²) in [7, 11) is -2.27. The quantitative estimate of drug-likeness (QED) is 0.739. The Morgan fingerprint density at radius 1 is 1.25 bits per heavy atom. The molecule has 0 bridgehead atoms. The number of likely N-dealkylation sites (tertiary alicyclic amines) is 1. The zero-order valence-corrected chi connectivity index (χ0v) is 17.1. The number of amides is 1. The monoisotopic (exact) mass is 425 g/mol. The summed E-state index contributed by atoms with van der Waals surface area (Å²) in [6, 6.07) is 12.6. The number of benzene rings is 2. The maximum atomic E-state index is 12.7. The van der Waals surface area contributed by atoms with Gasteiger partial charge in [-0.2, -0.15) is 0 Å². The Hall–Kier alpha value is -2.29. The molecule has 1 amide bonds. The topological polar surface area (TPSA) is 102 Å². The zero-order chi connectivity index (χ0) is 19.4. The Bertz CT molecular complexity index is 919. The van der Waals surface area contributed by atoms with E-state index >= 15 is 0 Å². The molecule has 1 fully saturated rings. The molecule has 1 atom stereocenters. The van der Waals surface area contributed by atoms with Crippen LogP contribution in [0.4, 0.5) is 5.69 Å². The molecule has 0 radical (unpaired) electrons. The fourth-order valence-electron chi connectivity index (χ4n) is 3.06. The first-order chi connectivity index (χ1) is 12.9. The van der Waals surface area contributed by atoms with E-state index in [1.54, 1.807) is 41.3 Å². The fraction of sp³-hybridized carbons (Fsp3) is 0.316. The van der Waals surface area contributed by atoms with Gasteiger partial charge in [0.25, 0.3) is 15.9 Å². The number of rotatable bonds is 6. The van der Waals surface area contributed by atoms with Crippen molar-refractivity contribution in [2.45, 2.75) is 11.3 Å². The molecule has 2 aromatic carbocycles. The fourth-order valence-corrected chi connectivity index (χ4v) is 4.17. The van der Waals surface area contributed by atoms with Gasteiger partial charge in [-0.05, 0) is 61.3 Å². The minimum absolute atomic E-state index is 0. The van der Waals surface area contributed by atoms with Crippen LogP contribution >= 0.6 is 12.4 Å². The van der Waals surface area contributed by atoms with Crippen molar-refractivity contribution in [3.63, 3.8) is 0 Å². The predicted octanol–water partition coefficient (Wildman–Crippen LogP) is 2.34. The first-order valence-corrected chi connectivity index (χ1v) is 10.2. The third kappa shape index (κ3) is 4.95. The Morgan fingerprint density at radius 3 is 2.57 bits per heavy atom. The van der Waals surface area contributed by atoms with Crippen LogP contribution in [-0.4, -0.2) is 46.0 Å². The lowest BCUT2D eigenvalue weighted by Gasteiger charge is -2.17. The van der Waals surface area contributed by atoms with Gasteiger partial charge in [-0.3, -0.25) is 9.52 Å². The molecule has 0 aliphatic carbocycles. The molecule has 1 aliphatic rings. The Morgan fingerprint density at radius 2 is 1.96 bits per heavy atom. The molecule has 1 aliphatic heterocycles. The molecule has 1 unspecified atom stereocenters. The SMILES string of the molecule is COc1ccc(NS(=O)(=O)c2cccc(C(=O)N3CCC(CN)C3)c2)cc1.Cl. The average molecular weight is 426 g/mol. The van der Waals surface area contributed by atoms with Crippen LogP contribution in [0, 0.1) is 5.92 Å². The van der Waals surface area contributed by atoms with Gasteiger partial charge in [0.2, 0.25) is 0 Å². The second-order valence-electron chi connectivity index (χ2n) is 6.50. The van der Waals surface area contributed by atoms with Crippen molar-refractivity contribution in [2.24, 2.45) is 11.7 Å². The average Bonchev–Trinajstić information content (AvgIpc) is 3.17. The molecule has 3 N–H and O–H groups in total. The lowest BCUT2D eigenvalue weighted by Crippen LogP contribution is -2.30. The summed E-state index contributed by atoms with van der Waals surface area (Å²) in [6.07, 6.45) is 0.874. The van der Waals surface area contributed by atoms with Crippen molar-refractivity contribution in [1.29, 1.82) is 0 Å². The maximum Gasteiger partial charge on any atom is 0.261 e. The number of ether oxygens (including phenoxy) is 1. The molecule has 0 saturated carbocycles. The van der Waals surface area contributed by atoms with Crippen LogP contribution in [0.1, 0.15) is 16.8 Å². The number of halogens is 1. The van der Waals surface area contributed by atoms with E-state index in [4.69, 9.17) is 10.5 Å². The molecular formula is C19H24ClN3O4S.